The second-order valence-corrected chi connectivity index (χ2v) is 4.39. The fraction of sp³-hybridized carbons (Fsp3) is 0.455. The zero-order chi connectivity index (χ0) is 9.97. The van der Waals surface area contributed by atoms with Gasteiger partial charge in [-0.1, -0.05) is 15.9 Å². The van der Waals surface area contributed by atoms with E-state index in [0.29, 0.717) is 6.04 Å². The van der Waals surface area contributed by atoms with Gasteiger partial charge in [-0.25, -0.2) is 0 Å². The van der Waals surface area contributed by atoms with Crippen molar-refractivity contribution in [2.45, 2.75) is 18.9 Å². The maximum Gasteiger partial charge on any atom is 0.119 e. The molecule has 0 radical (unpaired) electrons. The number of benzene rings is 1. The molecule has 0 aliphatic carbocycles. The zero-order valence-electron chi connectivity index (χ0n) is 8.22. The van der Waals surface area contributed by atoms with Crippen LogP contribution in [0.5, 0.6) is 5.75 Å². The molecule has 1 N–H and O–H groups in total. The number of halogens is 1. The normalized spacial score (nSPS) is 21.1. The van der Waals surface area contributed by atoms with Crippen molar-refractivity contribution in [1.29, 1.82) is 0 Å². The molecule has 1 aromatic rings. The third-order valence-corrected chi connectivity index (χ3v) is 3.36. The molecule has 1 aliphatic heterocycles. The highest BCUT2D eigenvalue weighted by molar-refractivity contribution is 9.10. The van der Waals surface area contributed by atoms with Crippen LogP contribution in [0.3, 0.4) is 0 Å². The lowest BCUT2D eigenvalue weighted by molar-refractivity contribution is 0.413. The summed E-state index contributed by atoms with van der Waals surface area (Å²) in [6.45, 7) is 1.12. The molecule has 1 saturated heterocycles. The Bertz CT molecular complexity index is 321. The van der Waals surface area contributed by atoms with Crippen LogP contribution >= 0.6 is 15.9 Å². The third kappa shape index (κ3) is 1.93. The predicted molar refractivity (Wildman–Crippen MR) is 60.7 cm³/mol. The minimum absolute atomic E-state index is 0.486. The maximum absolute atomic E-state index is 5.22. The van der Waals surface area contributed by atoms with Crippen molar-refractivity contribution < 1.29 is 4.74 Å². The quantitative estimate of drug-likeness (QED) is 0.878. The Kier molecular flexibility index (Phi) is 3.08. The molecule has 1 aromatic carbocycles. The second-order valence-electron chi connectivity index (χ2n) is 3.54. The molecule has 1 aliphatic rings. The van der Waals surface area contributed by atoms with Crippen LogP contribution < -0.4 is 10.1 Å². The molecule has 76 valence electrons. The summed E-state index contributed by atoms with van der Waals surface area (Å²) in [7, 11) is 1.70. The van der Waals surface area contributed by atoms with Gasteiger partial charge in [0.2, 0.25) is 0 Å². The number of rotatable bonds is 2. The fourth-order valence-corrected chi connectivity index (χ4v) is 2.39. The van der Waals surface area contributed by atoms with E-state index in [1.807, 2.05) is 12.1 Å². The van der Waals surface area contributed by atoms with Crippen LogP contribution in [0, 0.1) is 0 Å². The van der Waals surface area contributed by atoms with Crippen LogP contribution in [0.15, 0.2) is 22.7 Å². The van der Waals surface area contributed by atoms with Crippen molar-refractivity contribution in [3.63, 3.8) is 0 Å². The van der Waals surface area contributed by atoms with Crippen LogP contribution in [0.1, 0.15) is 24.4 Å². The first-order chi connectivity index (χ1) is 6.81. The highest BCUT2D eigenvalue weighted by Gasteiger charge is 2.18. The van der Waals surface area contributed by atoms with Gasteiger partial charge in [0.25, 0.3) is 0 Å². The lowest BCUT2D eigenvalue weighted by atomic mass is 10.1. The van der Waals surface area contributed by atoms with Crippen molar-refractivity contribution in [3.8, 4) is 5.75 Å². The van der Waals surface area contributed by atoms with Crippen LogP contribution in [0.25, 0.3) is 0 Å². The van der Waals surface area contributed by atoms with Crippen LogP contribution in [0.2, 0.25) is 0 Å². The van der Waals surface area contributed by atoms with Crippen molar-refractivity contribution >= 4 is 15.9 Å². The SMILES string of the molecule is COc1ccc(Br)c([C@@H]2CCCN2)c1. The van der Waals surface area contributed by atoms with E-state index in [9.17, 15) is 0 Å². The summed E-state index contributed by atoms with van der Waals surface area (Å²) in [6.07, 6.45) is 2.47. The molecular formula is C11H14BrNO. The predicted octanol–water partition coefficient (Wildman–Crippen LogP) is 2.88. The molecule has 2 rings (SSSR count). The van der Waals surface area contributed by atoms with E-state index < -0.39 is 0 Å². The number of methoxy groups -OCH3 is 1. The Morgan fingerprint density at radius 3 is 3.00 bits per heavy atom. The molecule has 3 heteroatoms. The molecular weight excluding hydrogens is 242 g/mol. The summed E-state index contributed by atoms with van der Waals surface area (Å²) < 4.78 is 6.39. The van der Waals surface area contributed by atoms with Gasteiger partial charge in [-0.2, -0.15) is 0 Å². The molecule has 1 atom stereocenters. The molecule has 0 bridgehead atoms. The minimum atomic E-state index is 0.486. The van der Waals surface area contributed by atoms with Gasteiger partial charge in [0.15, 0.2) is 0 Å². The Morgan fingerprint density at radius 1 is 1.50 bits per heavy atom. The number of ether oxygens (including phenoxy) is 1. The summed E-state index contributed by atoms with van der Waals surface area (Å²) in [6, 6.07) is 6.61. The van der Waals surface area contributed by atoms with Crippen molar-refractivity contribution in [3.05, 3.63) is 28.2 Å². The molecule has 1 fully saturated rings. The molecule has 14 heavy (non-hydrogen) atoms. The largest absolute Gasteiger partial charge is 0.497 e. The van der Waals surface area contributed by atoms with Gasteiger partial charge in [0, 0.05) is 10.5 Å². The van der Waals surface area contributed by atoms with E-state index in [-0.39, 0.29) is 0 Å². The monoisotopic (exact) mass is 255 g/mol. The zero-order valence-corrected chi connectivity index (χ0v) is 9.80. The van der Waals surface area contributed by atoms with Gasteiger partial charge < -0.3 is 10.1 Å². The summed E-state index contributed by atoms with van der Waals surface area (Å²) in [5, 5.41) is 3.48. The number of hydrogen-bond acceptors (Lipinski definition) is 2. The minimum Gasteiger partial charge on any atom is -0.497 e. The molecule has 1 heterocycles. The van der Waals surface area contributed by atoms with Gasteiger partial charge in [0.05, 0.1) is 7.11 Å². The maximum atomic E-state index is 5.22. The van der Waals surface area contributed by atoms with E-state index in [4.69, 9.17) is 4.74 Å². The van der Waals surface area contributed by atoms with Crippen LogP contribution in [0.4, 0.5) is 0 Å². The van der Waals surface area contributed by atoms with Gasteiger partial charge in [-0.15, -0.1) is 0 Å². The van der Waals surface area contributed by atoms with E-state index in [2.05, 4.69) is 27.3 Å². The van der Waals surface area contributed by atoms with Gasteiger partial charge in [-0.3, -0.25) is 0 Å². The highest BCUT2D eigenvalue weighted by atomic mass is 79.9. The second kappa shape index (κ2) is 4.32. The van der Waals surface area contributed by atoms with Crippen molar-refractivity contribution in [2.75, 3.05) is 13.7 Å². The first kappa shape index (κ1) is 9.99. The molecule has 0 spiro atoms. The summed E-state index contributed by atoms with van der Waals surface area (Å²) in [5.41, 5.74) is 1.31. The summed E-state index contributed by atoms with van der Waals surface area (Å²) >= 11 is 3.57. The lowest BCUT2D eigenvalue weighted by Crippen LogP contribution is -2.13. The Balaban J connectivity index is 2.29. The fourth-order valence-electron chi connectivity index (χ4n) is 1.87. The van der Waals surface area contributed by atoms with Gasteiger partial charge >= 0.3 is 0 Å². The lowest BCUT2D eigenvalue weighted by Gasteiger charge is -2.13. The smallest absolute Gasteiger partial charge is 0.119 e. The van der Waals surface area contributed by atoms with Gasteiger partial charge in [-0.05, 0) is 43.1 Å². The molecule has 0 unspecified atom stereocenters. The average Bonchev–Trinajstić information content (AvgIpc) is 2.71. The Labute approximate surface area is 92.8 Å². The van der Waals surface area contributed by atoms with E-state index in [1.54, 1.807) is 7.11 Å². The van der Waals surface area contributed by atoms with Crippen molar-refractivity contribution in [1.82, 2.24) is 5.32 Å². The Morgan fingerprint density at radius 2 is 2.36 bits per heavy atom. The molecule has 2 nitrogen and oxygen atoms in total. The van der Waals surface area contributed by atoms with E-state index in [1.165, 1.54) is 18.4 Å². The van der Waals surface area contributed by atoms with Crippen molar-refractivity contribution in [2.24, 2.45) is 0 Å². The van der Waals surface area contributed by atoms with E-state index in [0.717, 1.165) is 16.8 Å². The summed E-state index contributed by atoms with van der Waals surface area (Å²) in [4.78, 5) is 0. The first-order valence-corrected chi connectivity index (χ1v) is 5.67. The highest BCUT2D eigenvalue weighted by Crippen LogP contribution is 2.32. The number of nitrogens with one attached hydrogen (secondary N) is 1. The molecule has 0 saturated carbocycles. The average molecular weight is 256 g/mol. The summed E-state index contributed by atoms with van der Waals surface area (Å²) in [5.74, 6) is 0.928. The van der Waals surface area contributed by atoms with Gasteiger partial charge in [0.1, 0.15) is 5.75 Å². The first-order valence-electron chi connectivity index (χ1n) is 4.88. The van der Waals surface area contributed by atoms with Crippen LogP contribution in [-0.2, 0) is 0 Å². The van der Waals surface area contributed by atoms with E-state index >= 15 is 0 Å². The topological polar surface area (TPSA) is 21.3 Å². The number of hydrogen-bond donors (Lipinski definition) is 1. The molecule has 0 amide bonds. The Hall–Kier alpha value is -0.540. The third-order valence-electron chi connectivity index (χ3n) is 2.64. The van der Waals surface area contributed by atoms with Crippen LogP contribution in [-0.4, -0.2) is 13.7 Å². The molecule has 0 aromatic heterocycles. The standard InChI is InChI=1S/C11H14BrNO/c1-14-8-4-5-10(12)9(7-8)11-3-2-6-13-11/h4-5,7,11,13H,2-3,6H2,1H3/t11-/m0/s1.